The molecule has 0 atom stereocenters. The van der Waals surface area contributed by atoms with Crippen LogP contribution < -0.4 is 5.43 Å². The summed E-state index contributed by atoms with van der Waals surface area (Å²) < 4.78 is 1.89. The maximum absolute atomic E-state index is 11.7. The minimum atomic E-state index is -0.943. The van der Waals surface area contributed by atoms with Gasteiger partial charge in [0, 0.05) is 24.8 Å². The second kappa shape index (κ2) is 7.09. The molecule has 1 heterocycles. The van der Waals surface area contributed by atoms with Crippen LogP contribution >= 0.6 is 0 Å². The van der Waals surface area contributed by atoms with E-state index in [4.69, 9.17) is 5.11 Å². The van der Waals surface area contributed by atoms with E-state index < -0.39 is 11.4 Å². The monoisotopic (exact) mass is 282 g/mol. The smallest absolute Gasteiger partial charge is 0.317 e. The van der Waals surface area contributed by atoms with Gasteiger partial charge in [-0.15, -0.1) is 0 Å². The summed E-state index contributed by atoms with van der Waals surface area (Å²) in [5.74, 6) is -1.23. The zero-order valence-corrected chi connectivity index (χ0v) is 12.2. The number of carboxylic acid groups (broad SMARTS) is 1. The van der Waals surface area contributed by atoms with Crippen molar-refractivity contribution in [2.24, 2.45) is 0 Å². The Bertz CT molecular complexity index is 537. The summed E-state index contributed by atoms with van der Waals surface area (Å²) in [5, 5.41) is 18.8. The lowest BCUT2D eigenvalue weighted by Crippen LogP contribution is -2.28. The molecule has 6 heteroatoms. The van der Waals surface area contributed by atoms with E-state index in [0.29, 0.717) is 12.2 Å². The third kappa shape index (κ3) is 4.09. The Balaban J connectivity index is 3.13. The molecule has 1 aromatic rings. The van der Waals surface area contributed by atoms with Gasteiger partial charge in [-0.3, -0.25) is 14.5 Å². The molecule has 0 unspecified atom stereocenters. The van der Waals surface area contributed by atoms with Gasteiger partial charge in [0.05, 0.1) is 12.2 Å². The van der Waals surface area contributed by atoms with Crippen molar-refractivity contribution in [2.75, 3.05) is 13.6 Å². The van der Waals surface area contributed by atoms with Crippen molar-refractivity contribution in [1.82, 2.24) is 9.47 Å². The highest BCUT2D eigenvalue weighted by Gasteiger charge is 2.15. The van der Waals surface area contributed by atoms with Gasteiger partial charge in [0.2, 0.25) is 5.43 Å². The van der Waals surface area contributed by atoms with E-state index in [1.165, 1.54) is 6.07 Å². The number of likely N-dealkylation sites (N-methyl/N-ethyl adjacent to an activating group) is 1. The van der Waals surface area contributed by atoms with Crippen LogP contribution in [0.3, 0.4) is 0 Å². The van der Waals surface area contributed by atoms with Crippen LogP contribution in [0.1, 0.15) is 31.2 Å². The first-order valence-corrected chi connectivity index (χ1v) is 6.69. The first-order chi connectivity index (χ1) is 9.36. The van der Waals surface area contributed by atoms with Crippen molar-refractivity contribution in [3.8, 4) is 5.75 Å². The van der Waals surface area contributed by atoms with Gasteiger partial charge < -0.3 is 14.8 Å². The Morgan fingerprint density at radius 3 is 2.65 bits per heavy atom. The number of hydrogen-bond acceptors (Lipinski definition) is 4. The Morgan fingerprint density at radius 1 is 1.45 bits per heavy atom. The predicted molar refractivity (Wildman–Crippen MR) is 76.0 cm³/mol. The topological polar surface area (TPSA) is 82.8 Å². The quantitative estimate of drug-likeness (QED) is 0.784. The number of aromatic nitrogens is 1. The van der Waals surface area contributed by atoms with E-state index in [0.717, 1.165) is 18.5 Å². The molecular weight excluding hydrogens is 260 g/mol. The average molecular weight is 282 g/mol. The van der Waals surface area contributed by atoms with Gasteiger partial charge in [-0.2, -0.15) is 0 Å². The molecule has 0 aromatic carbocycles. The molecular formula is C14H22N2O4. The molecule has 6 nitrogen and oxygen atoms in total. The normalized spacial score (nSPS) is 11.0. The molecule has 0 aliphatic rings. The van der Waals surface area contributed by atoms with Gasteiger partial charge in [-0.25, -0.2) is 0 Å². The Hall–Kier alpha value is -1.82. The highest BCUT2D eigenvalue weighted by molar-refractivity contribution is 5.69. The number of nitrogens with zero attached hydrogens (tertiary/aromatic N) is 2. The summed E-state index contributed by atoms with van der Waals surface area (Å²) in [6.07, 6.45) is 1.93. The average Bonchev–Trinajstić information content (AvgIpc) is 2.34. The molecule has 112 valence electrons. The Labute approximate surface area is 118 Å². The van der Waals surface area contributed by atoms with Crippen molar-refractivity contribution in [3.05, 3.63) is 27.7 Å². The molecule has 0 fully saturated rings. The molecule has 2 N–H and O–H groups in total. The number of aryl methyl sites for hydroxylation is 1. The van der Waals surface area contributed by atoms with Gasteiger partial charge >= 0.3 is 5.97 Å². The first-order valence-electron chi connectivity index (χ1n) is 6.69. The summed E-state index contributed by atoms with van der Waals surface area (Å²) in [6.45, 7) is 4.66. The van der Waals surface area contributed by atoms with Crippen LogP contribution in [0.5, 0.6) is 5.75 Å². The van der Waals surface area contributed by atoms with E-state index in [1.54, 1.807) is 11.9 Å². The fourth-order valence-corrected chi connectivity index (χ4v) is 2.15. The lowest BCUT2D eigenvalue weighted by atomic mass is 10.2. The number of carbonyl (C=O) groups is 1. The van der Waals surface area contributed by atoms with Gasteiger partial charge in [0.25, 0.3) is 0 Å². The zero-order valence-electron chi connectivity index (χ0n) is 12.2. The molecule has 0 amide bonds. The summed E-state index contributed by atoms with van der Waals surface area (Å²) in [7, 11) is 1.64. The lowest BCUT2D eigenvalue weighted by molar-refractivity contribution is -0.138. The molecule has 20 heavy (non-hydrogen) atoms. The largest absolute Gasteiger partial charge is 0.503 e. The van der Waals surface area contributed by atoms with Crippen LogP contribution in [0.4, 0.5) is 0 Å². The molecule has 0 radical (unpaired) electrons. The van der Waals surface area contributed by atoms with Crippen LogP contribution in [0.25, 0.3) is 0 Å². The number of pyridine rings is 1. The van der Waals surface area contributed by atoms with E-state index in [2.05, 4.69) is 6.92 Å². The highest BCUT2D eigenvalue weighted by atomic mass is 16.4. The number of aromatic hydroxyl groups is 1. The zero-order chi connectivity index (χ0) is 15.3. The fraction of sp³-hybridized carbons (Fsp3) is 0.571. The fourth-order valence-electron chi connectivity index (χ4n) is 2.15. The molecule has 0 aliphatic carbocycles. The third-order valence-electron chi connectivity index (χ3n) is 3.16. The lowest BCUT2D eigenvalue weighted by Gasteiger charge is -2.21. The van der Waals surface area contributed by atoms with Gasteiger partial charge in [-0.05, 0) is 20.4 Å². The molecule has 0 aliphatic heterocycles. The first kappa shape index (κ1) is 16.2. The number of rotatable bonds is 7. The maximum atomic E-state index is 11.7. The van der Waals surface area contributed by atoms with E-state index in [9.17, 15) is 14.7 Å². The molecule has 0 saturated heterocycles. The number of carboxylic acids is 1. The van der Waals surface area contributed by atoms with Crippen LogP contribution in [0, 0.1) is 6.92 Å². The second-order valence-electron chi connectivity index (χ2n) is 5.02. The third-order valence-corrected chi connectivity index (χ3v) is 3.16. The molecule has 0 bridgehead atoms. The number of aliphatic carboxylic acids is 1. The van der Waals surface area contributed by atoms with Crippen LogP contribution in [0.2, 0.25) is 0 Å². The SMILES string of the molecule is CCCCn1c(C)cc(=O)c(O)c1CN(C)CC(=O)O. The summed E-state index contributed by atoms with van der Waals surface area (Å²) in [5.41, 5.74) is 0.834. The van der Waals surface area contributed by atoms with Crippen molar-refractivity contribution in [3.63, 3.8) is 0 Å². The maximum Gasteiger partial charge on any atom is 0.317 e. The van der Waals surface area contributed by atoms with Crippen molar-refractivity contribution in [2.45, 2.75) is 39.8 Å². The standard InChI is InChI=1S/C14H22N2O4/c1-4-5-6-16-10(2)7-12(17)14(20)11(16)8-15(3)9-13(18)19/h7,20H,4-6,8-9H2,1-3H3,(H,18,19). The second-order valence-corrected chi connectivity index (χ2v) is 5.02. The Kier molecular flexibility index (Phi) is 5.76. The van der Waals surface area contributed by atoms with Gasteiger partial charge in [-0.1, -0.05) is 13.3 Å². The molecule has 1 aromatic heterocycles. The Morgan fingerprint density at radius 2 is 2.10 bits per heavy atom. The van der Waals surface area contributed by atoms with Crippen LogP contribution in [0.15, 0.2) is 10.9 Å². The van der Waals surface area contributed by atoms with Gasteiger partial charge in [0.15, 0.2) is 5.75 Å². The summed E-state index contributed by atoms with van der Waals surface area (Å²) in [6, 6.07) is 1.41. The summed E-state index contributed by atoms with van der Waals surface area (Å²) >= 11 is 0. The van der Waals surface area contributed by atoms with E-state index in [1.807, 2.05) is 11.5 Å². The number of unbranched alkanes of at least 4 members (excludes halogenated alkanes) is 1. The van der Waals surface area contributed by atoms with E-state index in [-0.39, 0.29) is 18.8 Å². The van der Waals surface area contributed by atoms with Crippen LogP contribution in [-0.4, -0.2) is 39.2 Å². The minimum absolute atomic E-state index is 0.144. The van der Waals surface area contributed by atoms with E-state index >= 15 is 0 Å². The molecule has 0 saturated carbocycles. The highest BCUT2D eigenvalue weighted by Crippen LogP contribution is 2.17. The summed E-state index contributed by atoms with van der Waals surface area (Å²) in [4.78, 5) is 23.9. The molecule has 0 spiro atoms. The van der Waals surface area contributed by atoms with Crippen LogP contribution in [-0.2, 0) is 17.9 Å². The van der Waals surface area contributed by atoms with Gasteiger partial charge in [0.1, 0.15) is 0 Å². The minimum Gasteiger partial charge on any atom is -0.503 e. The van der Waals surface area contributed by atoms with Crippen molar-refractivity contribution >= 4 is 5.97 Å². The van der Waals surface area contributed by atoms with Crippen molar-refractivity contribution < 1.29 is 15.0 Å². The number of hydrogen-bond donors (Lipinski definition) is 2. The van der Waals surface area contributed by atoms with Crippen molar-refractivity contribution in [1.29, 1.82) is 0 Å². The predicted octanol–water partition coefficient (Wildman–Crippen LogP) is 1.18. The molecule has 1 rings (SSSR count).